The Bertz CT molecular complexity index is 477. The van der Waals surface area contributed by atoms with E-state index in [4.69, 9.17) is 17.0 Å². The fourth-order valence-corrected chi connectivity index (χ4v) is 2.06. The molecule has 0 aliphatic heterocycles. The summed E-state index contributed by atoms with van der Waals surface area (Å²) in [7, 11) is 2.55. The number of nitrogens with one attached hydrogen (secondary N) is 1. The average molecular weight is 273 g/mol. The van der Waals surface area contributed by atoms with Crippen molar-refractivity contribution in [2.45, 2.75) is 25.9 Å². The maximum absolute atomic E-state index is 10.8. The summed E-state index contributed by atoms with van der Waals surface area (Å²) in [6.45, 7) is 3.58. The zero-order chi connectivity index (χ0) is 13.2. The first-order chi connectivity index (χ1) is 7.90. The van der Waals surface area contributed by atoms with Gasteiger partial charge in [0, 0.05) is 28.6 Å². The van der Waals surface area contributed by atoms with Crippen molar-refractivity contribution < 1.29 is 4.92 Å². The molecule has 1 aromatic carbocycles. The van der Waals surface area contributed by atoms with Crippen molar-refractivity contribution in [3.05, 3.63) is 38.4 Å². The highest BCUT2D eigenvalue weighted by Crippen LogP contribution is 2.30. The van der Waals surface area contributed by atoms with Crippen molar-refractivity contribution in [2.75, 3.05) is 0 Å². The fraction of sp³-hybridized carbons (Fsp3) is 0.364. The molecule has 0 aliphatic carbocycles. The van der Waals surface area contributed by atoms with Crippen LogP contribution in [0.1, 0.15) is 24.5 Å². The molecule has 1 aromatic rings. The lowest BCUT2D eigenvalue weighted by Gasteiger charge is -2.14. The van der Waals surface area contributed by atoms with Gasteiger partial charge in [-0.2, -0.15) is 0 Å². The van der Waals surface area contributed by atoms with E-state index in [2.05, 4.69) is 9.24 Å². The van der Waals surface area contributed by atoms with E-state index in [1.165, 1.54) is 12.1 Å². The number of halogens is 1. The Morgan fingerprint density at radius 3 is 2.71 bits per heavy atom. The molecule has 1 rings (SSSR count). The molecule has 0 spiro atoms. The highest BCUT2D eigenvalue weighted by molar-refractivity contribution is 7.19. The van der Waals surface area contributed by atoms with Crippen molar-refractivity contribution in [1.82, 2.24) is 0 Å². The largest absolute Gasteiger partial charge is 0.304 e. The first-order valence-corrected chi connectivity index (χ1v) is 6.22. The van der Waals surface area contributed by atoms with E-state index < -0.39 is 4.92 Å². The van der Waals surface area contributed by atoms with Crippen molar-refractivity contribution in [2.24, 2.45) is 0 Å². The molecule has 0 aromatic heterocycles. The van der Waals surface area contributed by atoms with E-state index in [9.17, 15) is 10.1 Å². The van der Waals surface area contributed by atoms with Gasteiger partial charge in [-0.05, 0) is 19.4 Å². The molecule has 1 N–H and O–H groups in total. The van der Waals surface area contributed by atoms with Crippen molar-refractivity contribution in [3.8, 4) is 0 Å². The summed E-state index contributed by atoms with van der Waals surface area (Å²) in [5.41, 5.74) is 1.20. The quantitative estimate of drug-likeness (QED) is 0.394. The first kappa shape index (κ1) is 14.1. The Balaban J connectivity index is 3.37. The van der Waals surface area contributed by atoms with E-state index in [1.807, 2.05) is 6.92 Å². The molecule has 4 nitrogen and oxygen atoms in total. The number of benzene rings is 1. The summed E-state index contributed by atoms with van der Waals surface area (Å²) in [5, 5.41) is 19.2. The van der Waals surface area contributed by atoms with Gasteiger partial charge in [0.1, 0.15) is 0 Å². The van der Waals surface area contributed by atoms with Crippen LogP contribution in [0.5, 0.6) is 0 Å². The molecule has 92 valence electrons. The SMILES string of the molecule is CC[C@@H](P)C(=N)c1c(Cl)ccc([N+](=O)[O-])c1C. The summed E-state index contributed by atoms with van der Waals surface area (Å²) in [4.78, 5) is 10.4. The van der Waals surface area contributed by atoms with Crippen LogP contribution in [0.3, 0.4) is 0 Å². The molecule has 0 amide bonds. The summed E-state index contributed by atoms with van der Waals surface area (Å²) < 4.78 is 0. The highest BCUT2D eigenvalue weighted by atomic mass is 35.5. The minimum Gasteiger partial charge on any atom is -0.304 e. The molecule has 0 saturated carbocycles. The molecule has 0 heterocycles. The predicted octanol–water partition coefficient (Wildman–Crippen LogP) is 3.58. The van der Waals surface area contributed by atoms with Crippen LogP contribution in [-0.2, 0) is 0 Å². The number of rotatable bonds is 4. The van der Waals surface area contributed by atoms with Crippen LogP contribution in [0.4, 0.5) is 5.69 Å². The molecule has 0 saturated heterocycles. The van der Waals surface area contributed by atoms with Gasteiger partial charge in [0.05, 0.1) is 9.95 Å². The lowest BCUT2D eigenvalue weighted by atomic mass is 9.99. The summed E-state index contributed by atoms with van der Waals surface area (Å²) in [6, 6.07) is 2.85. The maximum atomic E-state index is 10.8. The van der Waals surface area contributed by atoms with Gasteiger partial charge in [0.25, 0.3) is 5.69 Å². The standard InChI is InChI=1S/C11H14ClN2O2P/c1-3-9(17)11(13)10-6(2)8(14(15)16)5-4-7(10)12/h4-5,9,13H,3,17H2,1-2H3/t9-/m1/s1. The van der Waals surface area contributed by atoms with Crippen LogP contribution in [-0.4, -0.2) is 16.3 Å². The third-order valence-electron chi connectivity index (χ3n) is 2.66. The average Bonchev–Trinajstić information content (AvgIpc) is 2.27. The van der Waals surface area contributed by atoms with Gasteiger partial charge in [-0.1, -0.05) is 18.5 Å². The van der Waals surface area contributed by atoms with Crippen LogP contribution in [0.15, 0.2) is 12.1 Å². The van der Waals surface area contributed by atoms with Crippen LogP contribution in [0, 0.1) is 22.4 Å². The van der Waals surface area contributed by atoms with Crippen LogP contribution < -0.4 is 0 Å². The van der Waals surface area contributed by atoms with Gasteiger partial charge >= 0.3 is 0 Å². The second-order valence-corrected chi connectivity index (χ2v) is 4.96. The highest BCUT2D eigenvalue weighted by Gasteiger charge is 2.21. The Hall–Kier alpha value is -0.990. The summed E-state index contributed by atoms with van der Waals surface area (Å²) in [5.74, 6) is 0. The molecule has 1 unspecified atom stereocenters. The van der Waals surface area contributed by atoms with Gasteiger partial charge in [-0.15, -0.1) is 9.24 Å². The fourth-order valence-electron chi connectivity index (χ4n) is 1.59. The Morgan fingerprint density at radius 2 is 2.24 bits per heavy atom. The van der Waals surface area contributed by atoms with Gasteiger partial charge < -0.3 is 5.41 Å². The second-order valence-electron chi connectivity index (χ2n) is 3.75. The Labute approximate surface area is 107 Å². The van der Waals surface area contributed by atoms with E-state index in [0.717, 1.165) is 6.42 Å². The molecule has 17 heavy (non-hydrogen) atoms. The van der Waals surface area contributed by atoms with Crippen molar-refractivity contribution >= 4 is 32.2 Å². The normalized spacial score (nSPS) is 12.2. The first-order valence-electron chi connectivity index (χ1n) is 5.18. The molecule has 2 atom stereocenters. The van der Waals surface area contributed by atoms with E-state index in [0.29, 0.717) is 21.9 Å². The molecule has 0 fully saturated rings. The zero-order valence-electron chi connectivity index (χ0n) is 9.66. The van der Waals surface area contributed by atoms with Crippen LogP contribution in [0.2, 0.25) is 5.02 Å². The number of hydrogen-bond donors (Lipinski definition) is 1. The van der Waals surface area contributed by atoms with Crippen molar-refractivity contribution in [3.63, 3.8) is 0 Å². The Kier molecular flexibility index (Phi) is 4.61. The van der Waals surface area contributed by atoms with Crippen LogP contribution >= 0.6 is 20.8 Å². The minimum atomic E-state index is -0.452. The smallest absolute Gasteiger partial charge is 0.273 e. The minimum absolute atomic E-state index is 0.00227. The molecular formula is C11H14ClN2O2P. The molecule has 0 radical (unpaired) electrons. The Morgan fingerprint density at radius 1 is 1.65 bits per heavy atom. The zero-order valence-corrected chi connectivity index (χ0v) is 11.6. The number of nitro groups is 1. The third-order valence-corrected chi connectivity index (χ3v) is 3.78. The van der Waals surface area contributed by atoms with Gasteiger partial charge in [-0.3, -0.25) is 10.1 Å². The molecule has 0 bridgehead atoms. The maximum Gasteiger partial charge on any atom is 0.273 e. The van der Waals surface area contributed by atoms with Gasteiger partial charge in [0.15, 0.2) is 0 Å². The summed E-state index contributed by atoms with van der Waals surface area (Å²) >= 11 is 6.03. The molecule has 6 heteroatoms. The predicted molar refractivity (Wildman–Crippen MR) is 73.5 cm³/mol. The van der Waals surface area contributed by atoms with E-state index >= 15 is 0 Å². The lowest BCUT2D eigenvalue weighted by molar-refractivity contribution is -0.385. The third kappa shape index (κ3) is 2.82. The van der Waals surface area contributed by atoms with Crippen LogP contribution in [0.25, 0.3) is 0 Å². The number of hydrogen-bond acceptors (Lipinski definition) is 3. The number of nitro benzene ring substituents is 1. The topological polar surface area (TPSA) is 67.0 Å². The van der Waals surface area contributed by atoms with E-state index in [-0.39, 0.29) is 11.3 Å². The molecular weight excluding hydrogens is 259 g/mol. The van der Waals surface area contributed by atoms with Gasteiger partial charge in [0.2, 0.25) is 0 Å². The monoisotopic (exact) mass is 272 g/mol. The summed E-state index contributed by atoms with van der Waals surface area (Å²) in [6.07, 6.45) is 0.766. The van der Waals surface area contributed by atoms with Crippen molar-refractivity contribution in [1.29, 1.82) is 5.41 Å². The number of nitrogens with zero attached hydrogens (tertiary/aromatic N) is 1. The van der Waals surface area contributed by atoms with E-state index in [1.54, 1.807) is 6.92 Å². The lowest BCUT2D eigenvalue weighted by Crippen LogP contribution is -2.15. The molecule has 0 aliphatic rings. The van der Waals surface area contributed by atoms with Gasteiger partial charge in [-0.25, -0.2) is 0 Å². The second kappa shape index (κ2) is 5.56.